The summed E-state index contributed by atoms with van der Waals surface area (Å²) in [7, 11) is 0. The van der Waals surface area contributed by atoms with Crippen molar-refractivity contribution in [2.45, 2.75) is 25.8 Å². The van der Waals surface area contributed by atoms with Crippen molar-refractivity contribution in [3.8, 4) is 0 Å². The molecular weight excluding hydrogens is 224 g/mol. The molecular formula is C11H12N2O4. The fourth-order valence-corrected chi connectivity index (χ4v) is 1.94. The summed E-state index contributed by atoms with van der Waals surface area (Å²) in [6.07, 6.45) is 3.30. The minimum Gasteiger partial charge on any atom is -0.515 e. The summed E-state index contributed by atoms with van der Waals surface area (Å²) >= 11 is 0. The van der Waals surface area contributed by atoms with Crippen LogP contribution in [0.1, 0.15) is 24.2 Å². The zero-order valence-corrected chi connectivity index (χ0v) is 9.09. The van der Waals surface area contributed by atoms with E-state index < -0.39 is 5.97 Å². The maximum absolute atomic E-state index is 12.0. The number of hydrogen-bond donors (Lipinski definition) is 2. The summed E-state index contributed by atoms with van der Waals surface area (Å²) in [4.78, 5) is 26.6. The average Bonchev–Trinajstić information content (AvgIpc) is 2.31. The Morgan fingerprint density at radius 2 is 2.35 bits per heavy atom. The van der Waals surface area contributed by atoms with Crippen LogP contribution in [0, 0.1) is 0 Å². The van der Waals surface area contributed by atoms with Gasteiger partial charge in [-0.15, -0.1) is 0 Å². The molecule has 1 aliphatic heterocycles. The van der Waals surface area contributed by atoms with Crippen molar-refractivity contribution in [3.05, 3.63) is 34.2 Å². The number of aliphatic carboxylic acids is 1. The quantitative estimate of drug-likeness (QED) is 0.732. The van der Waals surface area contributed by atoms with Crippen molar-refractivity contribution < 1.29 is 15.0 Å². The number of carboxylic acids is 1. The molecule has 90 valence electrons. The van der Waals surface area contributed by atoms with Gasteiger partial charge in [-0.2, -0.15) is 0 Å². The molecule has 0 atom stereocenters. The number of aromatic nitrogens is 2. The van der Waals surface area contributed by atoms with Crippen LogP contribution in [0.15, 0.2) is 17.3 Å². The highest BCUT2D eigenvalue weighted by Crippen LogP contribution is 2.21. The molecule has 6 nitrogen and oxygen atoms in total. The van der Waals surface area contributed by atoms with E-state index in [1.165, 1.54) is 10.8 Å². The van der Waals surface area contributed by atoms with Gasteiger partial charge < -0.3 is 10.2 Å². The molecule has 0 amide bonds. The van der Waals surface area contributed by atoms with Crippen LogP contribution >= 0.6 is 0 Å². The molecule has 0 saturated carbocycles. The number of fused-ring (bicyclic) bond motifs is 1. The molecule has 0 radical (unpaired) electrons. The summed E-state index contributed by atoms with van der Waals surface area (Å²) in [6, 6.07) is 0. The summed E-state index contributed by atoms with van der Waals surface area (Å²) < 4.78 is 1.42. The van der Waals surface area contributed by atoms with Gasteiger partial charge in [-0.05, 0) is 12.8 Å². The van der Waals surface area contributed by atoms with Crippen LogP contribution in [-0.4, -0.2) is 25.7 Å². The van der Waals surface area contributed by atoms with E-state index >= 15 is 0 Å². The number of nitrogens with zero attached hydrogens (tertiary/aromatic N) is 2. The average molecular weight is 236 g/mol. The van der Waals surface area contributed by atoms with Crippen LogP contribution in [0.3, 0.4) is 0 Å². The van der Waals surface area contributed by atoms with Gasteiger partial charge in [-0.25, -0.2) is 4.98 Å². The van der Waals surface area contributed by atoms with Gasteiger partial charge >= 0.3 is 5.97 Å². The van der Waals surface area contributed by atoms with Crippen LogP contribution in [0.5, 0.6) is 0 Å². The third kappa shape index (κ3) is 2.06. The monoisotopic (exact) mass is 236 g/mol. The molecule has 2 heterocycles. The van der Waals surface area contributed by atoms with E-state index in [2.05, 4.69) is 4.98 Å². The SMILES string of the molecule is O=C(O)Cc1cnc2n(c1=O)CCC/C2=C/O. The molecule has 1 aromatic heterocycles. The number of aliphatic hydroxyl groups excluding tert-OH is 1. The Morgan fingerprint density at radius 1 is 1.59 bits per heavy atom. The molecule has 0 bridgehead atoms. The zero-order valence-electron chi connectivity index (χ0n) is 9.09. The predicted molar refractivity (Wildman–Crippen MR) is 59.7 cm³/mol. The summed E-state index contributed by atoms with van der Waals surface area (Å²) in [5.41, 5.74) is 0.437. The molecule has 2 N–H and O–H groups in total. The van der Waals surface area contributed by atoms with Gasteiger partial charge in [-0.1, -0.05) is 0 Å². The number of rotatable bonds is 2. The minimum absolute atomic E-state index is 0.167. The van der Waals surface area contributed by atoms with Gasteiger partial charge in [-0.3, -0.25) is 14.2 Å². The fraction of sp³-hybridized carbons (Fsp3) is 0.364. The lowest BCUT2D eigenvalue weighted by atomic mass is 10.1. The first-order valence-corrected chi connectivity index (χ1v) is 5.27. The van der Waals surface area contributed by atoms with Crippen molar-refractivity contribution in [2.24, 2.45) is 0 Å². The zero-order chi connectivity index (χ0) is 12.4. The van der Waals surface area contributed by atoms with Gasteiger partial charge in [0.05, 0.1) is 12.7 Å². The minimum atomic E-state index is -1.06. The van der Waals surface area contributed by atoms with Gasteiger partial charge in [0.25, 0.3) is 5.56 Å². The third-order valence-corrected chi connectivity index (χ3v) is 2.73. The van der Waals surface area contributed by atoms with E-state index in [-0.39, 0.29) is 17.5 Å². The second-order valence-electron chi connectivity index (χ2n) is 3.89. The highest BCUT2D eigenvalue weighted by Gasteiger charge is 2.19. The van der Waals surface area contributed by atoms with E-state index in [0.29, 0.717) is 24.4 Å². The van der Waals surface area contributed by atoms with Gasteiger partial charge in [0.1, 0.15) is 5.82 Å². The Balaban J connectivity index is 2.52. The topological polar surface area (TPSA) is 92.4 Å². The van der Waals surface area contributed by atoms with E-state index in [0.717, 1.165) is 12.7 Å². The number of aliphatic hydroxyl groups is 1. The second kappa shape index (κ2) is 4.40. The van der Waals surface area contributed by atoms with Crippen molar-refractivity contribution in [1.82, 2.24) is 9.55 Å². The van der Waals surface area contributed by atoms with Crippen LogP contribution in [0.2, 0.25) is 0 Å². The van der Waals surface area contributed by atoms with E-state index in [1.807, 2.05) is 0 Å². The van der Waals surface area contributed by atoms with Crippen LogP contribution < -0.4 is 5.56 Å². The first-order chi connectivity index (χ1) is 8.13. The van der Waals surface area contributed by atoms with Gasteiger partial charge in [0, 0.05) is 23.9 Å². The van der Waals surface area contributed by atoms with Crippen molar-refractivity contribution in [2.75, 3.05) is 0 Å². The standard InChI is InChI=1S/C11H12N2O4/c14-6-7-2-1-3-13-10(7)12-5-8(11(13)17)4-9(15)16/h5-6,14H,1-4H2,(H,15,16)/b7-6-. The van der Waals surface area contributed by atoms with Crippen LogP contribution in [0.4, 0.5) is 0 Å². The maximum atomic E-state index is 12.0. The van der Waals surface area contributed by atoms with Crippen LogP contribution in [0.25, 0.3) is 5.57 Å². The van der Waals surface area contributed by atoms with E-state index in [4.69, 9.17) is 10.2 Å². The molecule has 1 aliphatic rings. The number of carboxylic acid groups (broad SMARTS) is 1. The first-order valence-electron chi connectivity index (χ1n) is 5.27. The van der Waals surface area contributed by atoms with Crippen molar-refractivity contribution >= 4 is 11.5 Å². The highest BCUT2D eigenvalue weighted by atomic mass is 16.4. The molecule has 0 saturated heterocycles. The summed E-state index contributed by atoms with van der Waals surface area (Å²) in [5, 5.41) is 17.7. The van der Waals surface area contributed by atoms with Crippen molar-refractivity contribution in [3.63, 3.8) is 0 Å². The fourth-order valence-electron chi connectivity index (χ4n) is 1.94. The molecule has 0 spiro atoms. The smallest absolute Gasteiger partial charge is 0.308 e. The Hall–Kier alpha value is -2.11. The normalized spacial score (nSPS) is 16.8. The second-order valence-corrected chi connectivity index (χ2v) is 3.89. The van der Waals surface area contributed by atoms with Crippen LogP contribution in [-0.2, 0) is 17.8 Å². The van der Waals surface area contributed by atoms with Gasteiger partial charge in [0.15, 0.2) is 0 Å². The molecule has 6 heteroatoms. The number of carbonyl (C=O) groups is 1. The lowest BCUT2D eigenvalue weighted by Gasteiger charge is -2.19. The Bertz CT molecular complexity index is 545. The first kappa shape index (κ1) is 11.4. The molecule has 0 aliphatic carbocycles. The number of hydrogen-bond acceptors (Lipinski definition) is 4. The maximum Gasteiger partial charge on any atom is 0.308 e. The summed E-state index contributed by atoms with van der Waals surface area (Å²) in [5.74, 6) is -0.629. The van der Waals surface area contributed by atoms with E-state index in [1.54, 1.807) is 0 Å². The molecule has 0 unspecified atom stereocenters. The molecule has 2 rings (SSSR count). The van der Waals surface area contributed by atoms with Gasteiger partial charge in [0.2, 0.25) is 0 Å². The largest absolute Gasteiger partial charge is 0.515 e. The molecule has 0 aromatic carbocycles. The molecule has 1 aromatic rings. The Labute approximate surface area is 96.9 Å². The lowest BCUT2D eigenvalue weighted by Crippen LogP contribution is -2.31. The van der Waals surface area contributed by atoms with E-state index in [9.17, 15) is 9.59 Å². The number of allylic oxidation sites excluding steroid dienone is 1. The third-order valence-electron chi connectivity index (χ3n) is 2.73. The summed E-state index contributed by atoms with van der Waals surface area (Å²) in [6.45, 7) is 0.506. The lowest BCUT2D eigenvalue weighted by molar-refractivity contribution is -0.136. The molecule has 17 heavy (non-hydrogen) atoms. The highest BCUT2D eigenvalue weighted by molar-refractivity contribution is 5.70. The molecule has 0 fully saturated rings. The predicted octanol–water partition coefficient (Wildman–Crippen LogP) is 0.563. The van der Waals surface area contributed by atoms with Crippen molar-refractivity contribution in [1.29, 1.82) is 0 Å². The Kier molecular flexibility index (Phi) is 2.95. The Morgan fingerprint density at radius 3 is 3.00 bits per heavy atom.